The van der Waals surface area contributed by atoms with Gasteiger partial charge in [0.2, 0.25) is 0 Å². The zero-order valence-corrected chi connectivity index (χ0v) is 16.3. The number of fused-ring (bicyclic) bond motifs is 1. The van der Waals surface area contributed by atoms with Crippen LogP contribution in [0.2, 0.25) is 0 Å². The Hall–Kier alpha value is -2.91. The average Bonchev–Trinajstić information content (AvgIpc) is 3.15. The van der Waals surface area contributed by atoms with Crippen molar-refractivity contribution in [3.05, 3.63) is 46.2 Å². The van der Waals surface area contributed by atoms with Crippen LogP contribution in [-0.2, 0) is 19.3 Å². The molecule has 3 aromatic heterocycles. The number of aromatic nitrogens is 5. The van der Waals surface area contributed by atoms with Crippen LogP contribution in [0.3, 0.4) is 0 Å². The lowest BCUT2D eigenvalue weighted by Crippen LogP contribution is -2.27. The summed E-state index contributed by atoms with van der Waals surface area (Å²) in [6.45, 7) is 8.21. The maximum Gasteiger partial charge on any atom is 0.433 e. The molecule has 0 aliphatic carbocycles. The van der Waals surface area contributed by atoms with Crippen LogP contribution in [0, 0.1) is 20.8 Å². The second-order valence-electron chi connectivity index (χ2n) is 6.71. The summed E-state index contributed by atoms with van der Waals surface area (Å²) in [4.78, 5) is 18.2. The summed E-state index contributed by atoms with van der Waals surface area (Å²) in [6, 6.07) is 2.18. The van der Waals surface area contributed by atoms with Crippen LogP contribution in [0.15, 0.2) is 12.1 Å². The zero-order valence-electron chi connectivity index (χ0n) is 16.3. The minimum atomic E-state index is -4.60. The number of alkyl halides is 3. The van der Waals surface area contributed by atoms with E-state index in [1.54, 1.807) is 7.05 Å². The van der Waals surface area contributed by atoms with Gasteiger partial charge in [-0.3, -0.25) is 9.48 Å². The molecule has 0 spiro atoms. The van der Waals surface area contributed by atoms with Crippen molar-refractivity contribution in [3.8, 4) is 0 Å². The molecule has 7 nitrogen and oxygen atoms in total. The Labute approximate surface area is 159 Å². The highest BCUT2D eigenvalue weighted by Gasteiger charge is 2.35. The van der Waals surface area contributed by atoms with Gasteiger partial charge in [-0.05, 0) is 33.8 Å². The largest absolute Gasteiger partial charge is 0.433 e. The van der Waals surface area contributed by atoms with Crippen LogP contribution in [0.25, 0.3) is 5.65 Å². The van der Waals surface area contributed by atoms with Crippen molar-refractivity contribution in [3.63, 3.8) is 0 Å². The van der Waals surface area contributed by atoms with Crippen molar-refractivity contribution in [1.82, 2.24) is 29.3 Å². The molecule has 0 radical (unpaired) electrons. The third-order valence-electron chi connectivity index (χ3n) is 4.64. The second kappa shape index (κ2) is 6.92. The summed E-state index contributed by atoms with van der Waals surface area (Å²) >= 11 is 0. The number of carbonyl (C=O) groups excluding carboxylic acids is 1. The molecule has 1 amide bonds. The summed E-state index contributed by atoms with van der Waals surface area (Å²) in [6.07, 6.45) is -4.60. The van der Waals surface area contributed by atoms with Crippen molar-refractivity contribution in [2.75, 3.05) is 7.05 Å². The van der Waals surface area contributed by atoms with Gasteiger partial charge in [0.1, 0.15) is 5.69 Å². The number of hydrogen-bond acceptors (Lipinski definition) is 4. The van der Waals surface area contributed by atoms with E-state index < -0.39 is 17.8 Å². The first kappa shape index (κ1) is 19.8. The Bertz CT molecular complexity index is 1050. The molecule has 150 valence electrons. The topological polar surface area (TPSA) is 68.3 Å². The molecule has 0 saturated heterocycles. The molecule has 0 N–H and O–H groups in total. The maximum absolute atomic E-state index is 13.3. The maximum atomic E-state index is 13.3. The number of amides is 1. The number of aryl methyl sites for hydroxylation is 3. The van der Waals surface area contributed by atoms with Crippen LogP contribution < -0.4 is 0 Å². The fraction of sp³-hybridized carbons (Fsp3) is 0.444. The molecule has 3 aromatic rings. The van der Waals surface area contributed by atoms with Gasteiger partial charge in [0.25, 0.3) is 5.91 Å². The van der Waals surface area contributed by atoms with Crippen LogP contribution >= 0.6 is 0 Å². The van der Waals surface area contributed by atoms with Gasteiger partial charge in [-0.1, -0.05) is 0 Å². The summed E-state index contributed by atoms with van der Waals surface area (Å²) in [5, 5.41) is 8.29. The summed E-state index contributed by atoms with van der Waals surface area (Å²) in [5.41, 5.74) is 1.79. The van der Waals surface area contributed by atoms with Gasteiger partial charge in [-0.2, -0.15) is 23.4 Å². The monoisotopic (exact) mass is 394 g/mol. The van der Waals surface area contributed by atoms with Gasteiger partial charge < -0.3 is 4.90 Å². The molecule has 0 bridgehead atoms. The molecule has 3 heterocycles. The fourth-order valence-electron chi connectivity index (χ4n) is 3.18. The molecular weight excluding hydrogens is 373 g/mol. The van der Waals surface area contributed by atoms with Crippen molar-refractivity contribution in [1.29, 1.82) is 0 Å². The molecule has 0 aliphatic heterocycles. The number of hydrogen-bond donors (Lipinski definition) is 0. The molecule has 0 saturated carbocycles. The second-order valence-corrected chi connectivity index (χ2v) is 6.71. The smallest absolute Gasteiger partial charge is 0.336 e. The van der Waals surface area contributed by atoms with Crippen molar-refractivity contribution < 1.29 is 18.0 Å². The highest BCUT2D eigenvalue weighted by molar-refractivity contribution is 5.93. The van der Waals surface area contributed by atoms with Gasteiger partial charge in [0, 0.05) is 43.2 Å². The number of carbonyl (C=O) groups is 1. The molecule has 0 aliphatic rings. The summed E-state index contributed by atoms with van der Waals surface area (Å²) in [5.74, 6) is -0.487. The Balaban J connectivity index is 1.94. The van der Waals surface area contributed by atoms with E-state index >= 15 is 0 Å². The molecule has 0 aromatic carbocycles. The Morgan fingerprint density at radius 2 is 1.86 bits per heavy atom. The van der Waals surface area contributed by atoms with Crippen LogP contribution in [0.5, 0.6) is 0 Å². The first-order chi connectivity index (χ1) is 13.0. The van der Waals surface area contributed by atoms with E-state index in [0.717, 1.165) is 23.0 Å². The molecule has 10 heteroatoms. The molecule has 0 unspecified atom stereocenters. The quantitative estimate of drug-likeness (QED) is 0.682. The standard InChI is InChI=1S/C18H21F3N6O/c1-6-26-12(4)13(11(3)23-26)9-25(5)17(28)14-8-16-22-10(2)7-15(18(19,20)21)27(16)24-14/h7-8H,6,9H2,1-5H3. The van der Waals surface area contributed by atoms with E-state index in [4.69, 9.17) is 0 Å². The number of rotatable bonds is 4. The third-order valence-corrected chi connectivity index (χ3v) is 4.64. The molecule has 28 heavy (non-hydrogen) atoms. The van der Waals surface area contributed by atoms with Crippen LogP contribution in [-0.4, -0.2) is 42.2 Å². The highest BCUT2D eigenvalue weighted by Crippen LogP contribution is 2.30. The fourth-order valence-corrected chi connectivity index (χ4v) is 3.18. The van der Waals surface area contributed by atoms with Gasteiger partial charge in [-0.15, -0.1) is 0 Å². The minimum Gasteiger partial charge on any atom is -0.336 e. The SMILES string of the molecule is CCn1nc(C)c(CN(C)C(=O)c2cc3nc(C)cc(C(F)(F)F)n3n2)c1C. The first-order valence-corrected chi connectivity index (χ1v) is 8.75. The van der Waals surface area contributed by atoms with Gasteiger partial charge in [-0.25, -0.2) is 9.50 Å². The third kappa shape index (κ3) is 3.46. The predicted molar refractivity (Wildman–Crippen MR) is 95.9 cm³/mol. The van der Waals surface area contributed by atoms with Crippen molar-refractivity contribution in [2.24, 2.45) is 0 Å². The number of nitrogens with zero attached hydrogens (tertiary/aromatic N) is 6. The van der Waals surface area contributed by atoms with Crippen LogP contribution in [0.1, 0.15) is 45.8 Å². The van der Waals surface area contributed by atoms with E-state index in [1.807, 2.05) is 25.5 Å². The Kier molecular flexibility index (Phi) is 4.90. The predicted octanol–water partition coefficient (Wildman–Crippen LogP) is 3.16. The van der Waals surface area contributed by atoms with Crippen molar-refractivity contribution in [2.45, 2.75) is 47.0 Å². The Morgan fingerprint density at radius 1 is 1.18 bits per heavy atom. The van der Waals surface area contributed by atoms with Gasteiger partial charge >= 0.3 is 6.18 Å². The van der Waals surface area contributed by atoms with E-state index in [-0.39, 0.29) is 23.6 Å². The summed E-state index contributed by atoms with van der Waals surface area (Å²) < 4.78 is 42.4. The lowest BCUT2D eigenvalue weighted by atomic mass is 10.2. The highest BCUT2D eigenvalue weighted by atomic mass is 19.4. The van der Waals surface area contributed by atoms with E-state index in [1.165, 1.54) is 17.9 Å². The van der Waals surface area contributed by atoms with E-state index in [9.17, 15) is 18.0 Å². The molecule has 0 fully saturated rings. The average molecular weight is 394 g/mol. The normalized spacial score (nSPS) is 12.0. The van der Waals surface area contributed by atoms with Gasteiger partial charge in [0.15, 0.2) is 11.3 Å². The minimum absolute atomic E-state index is 0.0183. The summed E-state index contributed by atoms with van der Waals surface area (Å²) in [7, 11) is 1.58. The van der Waals surface area contributed by atoms with Crippen molar-refractivity contribution >= 4 is 11.6 Å². The lowest BCUT2D eigenvalue weighted by molar-refractivity contribution is -0.142. The van der Waals surface area contributed by atoms with E-state index in [0.29, 0.717) is 11.1 Å². The Morgan fingerprint density at radius 3 is 2.43 bits per heavy atom. The molecule has 0 atom stereocenters. The van der Waals surface area contributed by atoms with Crippen LogP contribution in [0.4, 0.5) is 13.2 Å². The number of halogens is 3. The van der Waals surface area contributed by atoms with Gasteiger partial charge in [0.05, 0.1) is 5.69 Å². The first-order valence-electron chi connectivity index (χ1n) is 8.75. The molecular formula is C18H21F3N6O. The van der Waals surface area contributed by atoms with E-state index in [2.05, 4.69) is 15.2 Å². The zero-order chi connectivity index (χ0) is 20.8. The molecule has 3 rings (SSSR count). The lowest BCUT2D eigenvalue weighted by Gasteiger charge is -2.16.